The molecule has 0 aliphatic heterocycles. The maximum Gasteiger partial charge on any atom is 0.340 e. The molecular weight excluding hydrogens is 354 g/mol. The number of carbonyl (C=O) groups excluding carboxylic acids is 2. The van der Waals surface area contributed by atoms with Crippen molar-refractivity contribution in [3.05, 3.63) is 69.8 Å². The Hall–Kier alpha value is -3.75. The van der Waals surface area contributed by atoms with E-state index in [4.69, 9.17) is 9.57 Å². The Morgan fingerprint density at radius 1 is 1.22 bits per heavy atom. The van der Waals surface area contributed by atoms with Crippen molar-refractivity contribution < 1.29 is 24.1 Å². The van der Waals surface area contributed by atoms with Crippen molar-refractivity contribution in [1.82, 2.24) is 0 Å². The van der Waals surface area contributed by atoms with Gasteiger partial charge >= 0.3 is 5.97 Å². The fraction of sp³-hybridized carbons (Fsp3) is 0.167. The summed E-state index contributed by atoms with van der Waals surface area (Å²) in [5.41, 5.74) is 0.907. The number of amides is 1. The van der Waals surface area contributed by atoms with Gasteiger partial charge < -0.3 is 14.9 Å². The van der Waals surface area contributed by atoms with Crippen LogP contribution in [-0.2, 0) is 14.4 Å². The van der Waals surface area contributed by atoms with Crippen molar-refractivity contribution in [2.75, 3.05) is 18.5 Å². The predicted octanol–water partition coefficient (Wildman–Crippen LogP) is 2.76. The first-order chi connectivity index (χ1) is 13.0. The summed E-state index contributed by atoms with van der Waals surface area (Å²) in [6, 6.07) is 12.2. The number of nitro groups is 1. The molecule has 1 N–H and O–H groups in total. The highest BCUT2D eigenvalue weighted by atomic mass is 16.6. The first-order valence-electron chi connectivity index (χ1n) is 7.97. The number of rotatable bonds is 8. The predicted molar refractivity (Wildman–Crippen MR) is 97.7 cm³/mol. The largest absolute Gasteiger partial charge is 0.462 e. The standard InChI is InChI=1S/C18H17N3O6/c1-2-26-18(23)15-8-3-4-9-16(15)20-17(22)12-27-19-11-13-6-5-7-14(10-13)21(24)25/h3-11H,2,12H2,1H3,(H,20,22)/b19-11-. The van der Waals surface area contributed by atoms with Crippen LogP contribution in [0.1, 0.15) is 22.8 Å². The van der Waals surface area contributed by atoms with Gasteiger partial charge in [-0.15, -0.1) is 0 Å². The van der Waals surface area contributed by atoms with Gasteiger partial charge in [-0.2, -0.15) is 0 Å². The number of anilines is 1. The molecule has 140 valence electrons. The number of esters is 1. The normalized spacial score (nSPS) is 10.4. The fourth-order valence-corrected chi connectivity index (χ4v) is 2.08. The third-order valence-corrected chi connectivity index (χ3v) is 3.25. The van der Waals surface area contributed by atoms with E-state index in [2.05, 4.69) is 10.5 Å². The molecule has 0 saturated carbocycles. The lowest BCUT2D eigenvalue weighted by atomic mass is 10.2. The topological polar surface area (TPSA) is 120 Å². The van der Waals surface area contributed by atoms with Crippen LogP contribution in [0.15, 0.2) is 53.7 Å². The maximum atomic E-state index is 11.9. The SMILES string of the molecule is CCOC(=O)c1ccccc1NC(=O)CO/N=C\c1cccc([N+](=O)[O-])c1. The second-order valence-corrected chi connectivity index (χ2v) is 5.17. The van der Waals surface area contributed by atoms with E-state index >= 15 is 0 Å². The molecule has 2 rings (SSSR count). The van der Waals surface area contributed by atoms with Crippen LogP contribution >= 0.6 is 0 Å². The monoisotopic (exact) mass is 371 g/mol. The second-order valence-electron chi connectivity index (χ2n) is 5.17. The average molecular weight is 371 g/mol. The number of ether oxygens (including phenoxy) is 1. The molecule has 0 heterocycles. The average Bonchev–Trinajstić information content (AvgIpc) is 2.66. The van der Waals surface area contributed by atoms with Gasteiger partial charge in [0.05, 0.1) is 29.0 Å². The van der Waals surface area contributed by atoms with E-state index in [1.165, 1.54) is 30.5 Å². The highest BCUT2D eigenvalue weighted by Crippen LogP contribution is 2.16. The van der Waals surface area contributed by atoms with Crippen LogP contribution in [0.3, 0.4) is 0 Å². The summed E-state index contributed by atoms with van der Waals surface area (Å²) >= 11 is 0. The molecule has 2 aromatic rings. The van der Waals surface area contributed by atoms with Crippen LogP contribution in [-0.4, -0.2) is 36.2 Å². The summed E-state index contributed by atoms with van der Waals surface area (Å²) < 4.78 is 4.93. The van der Waals surface area contributed by atoms with Crippen molar-refractivity contribution >= 4 is 29.5 Å². The van der Waals surface area contributed by atoms with E-state index in [-0.39, 0.29) is 17.9 Å². The molecule has 2 aromatic carbocycles. The Bertz CT molecular complexity index is 866. The zero-order valence-electron chi connectivity index (χ0n) is 14.5. The molecule has 0 saturated heterocycles. The van der Waals surface area contributed by atoms with Crippen LogP contribution in [0.2, 0.25) is 0 Å². The Labute approximate surface area is 154 Å². The van der Waals surface area contributed by atoms with Crippen molar-refractivity contribution in [1.29, 1.82) is 0 Å². The lowest BCUT2D eigenvalue weighted by Gasteiger charge is -2.09. The Balaban J connectivity index is 1.91. The number of nitrogens with zero attached hydrogens (tertiary/aromatic N) is 2. The van der Waals surface area contributed by atoms with Crippen molar-refractivity contribution in [2.45, 2.75) is 6.92 Å². The Kier molecular flexibility index (Phi) is 7.00. The zero-order valence-corrected chi connectivity index (χ0v) is 14.5. The van der Waals surface area contributed by atoms with Gasteiger partial charge in [-0.3, -0.25) is 14.9 Å². The number of carbonyl (C=O) groups is 2. The highest BCUT2D eigenvalue weighted by Gasteiger charge is 2.14. The van der Waals surface area contributed by atoms with E-state index < -0.39 is 23.4 Å². The first-order valence-corrected chi connectivity index (χ1v) is 7.97. The molecule has 0 bridgehead atoms. The number of hydrogen-bond acceptors (Lipinski definition) is 7. The molecule has 9 nitrogen and oxygen atoms in total. The second kappa shape index (κ2) is 9.66. The quantitative estimate of drug-likeness (QED) is 0.330. The third kappa shape index (κ3) is 5.92. The highest BCUT2D eigenvalue weighted by molar-refractivity contribution is 6.01. The summed E-state index contributed by atoms with van der Waals surface area (Å²) in [5, 5.41) is 16.9. The molecule has 27 heavy (non-hydrogen) atoms. The minimum atomic E-state index is -0.544. The van der Waals surface area contributed by atoms with Gasteiger partial charge in [-0.1, -0.05) is 29.4 Å². The minimum Gasteiger partial charge on any atom is -0.462 e. The molecule has 0 unspecified atom stereocenters. The minimum absolute atomic E-state index is 0.0766. The number of nitrogens with one attached hydrogen (secondary N) is 1. The number of benzene rings is 2. The number of hydrogen-bond donors (Lipinski definition) is 1. The zero-order chi connectivity index (χ0) is 19.6. The summed E-state index contributed by atoms with van der Waals surface area (Å²) in [6.07, 6.45) is 1.26. The fourth-order valence-electron chi connectivity index (χ4n) is 2.08. The van der Waals surface area contributed by atoms with Crippen molar-refractivity contribution in [2.24, 2.45) is 5.16 Å². The Morgan fingerprint density at radius 2 is 2.00 bits per heavy atom. The van der Waals surface area contributed by atoms with E-state index in [1.807, 2.05) is 0 Å². The molecule has 0 spiro atoms. The third-order valence-electron chi connectivity index (χ3n) is 3.25. The number of nitro benzene ring substituents is 1. The smallest absolute Gasteiger partial charge is 0.340 e. The van der Waals surface area contributed by atoms with Gasteiger partial charge in [0.25, 0.3) is 11.6 Å². The molecule has 9 heteroatoms. The number of oxime groups is 1. The van der Waals surface area contributed by atoms with Gasteiger partial charge in [0.15, 0.2) is 6.61 Å². The maximum absolute atomic E-state index is 11.9. The van der Waals surface area contributed by atoms with Crippen molar-refractivity contribution in [3.8, 4) is 0 Å². The molecule has 0 radical (unpaired) electrons. The summed E-state index contributed by atoms with van der Waals surface area (Å²) in [7, 11) is 0. The molecule has 0 aliphatic carbocycles. The number of non-ortho nitro benzene ring substituents is 1. The van der Waals surface area contributed by atoms with Gasteiger partial charge in [0.2, 0.25) is 0 Å². The van der Waals surface area contributed by atoms with Gasteiger partial charge in [-0.25, -0.2) is 4.79 Å². The van der Waals surface area contributed by atoms with Crippen LogP contribution < -0.4 is 5.32 Å². The summed E-state index contributed by atoms with van der Waals surface area (Å²) in [6.45, 7) is 1.51. The van der Waals surface area contributed by atoms with Gasteiger partial charge in [0, 0.05) is 17.7 Å². The lowest BCUT2D eigenvalue weighted by Crippen LogP contribution is -2.19. The van der Waals surface area contributed by atoms with E-state index in [0.717, 1.165) is 0 Å². The van der Waals surface area contributed by atoms with Gasteiger partial charge in [-0.05, 0) is 19.1 Å². The van der Waals surface area contributed by atoms with E-state index in [1.54, 1.807) is 31.2 Å². The molecule has 1 amide bonds. The van der Waals surface area contributed by atoms with Crippen molar-refractivity contribution in [3.63, 3.8) is 0 Å². The van der Waals surface area contributed by atoms with Gasteiger partial charge in [0.1, 0.15) is 0 Å². The van der Waals surface area contributed by atoms with E-state index in [0.29, 0.717) is 11.3 Å². The lowest BCUT2D eigenvalue weighted by molar-refractivity contribution is -0.384. The first kappa shape index (κ1) is 19.6. The molecule has 0 aromatic heterocycles. The molecule has 0 atom stereocenters. The summed E-state index contributed by atoms with van der Waals surface area (Å²) in [5.74, 6) is -1.07. The van der Waals surface area contributed by atoms with E-state index in [9.17, 15) is 19.7 Å². The molecule has 0 aliphatic rings. The van der Waals surface area contributed by atoms with Crippen LogP contribution in [0.25, 0.3) is 0 Å². The molecule has 0 fully saturated rings. The Morgan fingerprint density at radius 3 is 2.74 bits per heavy atom. The summed E-state index contributed by atoms with van der Waals surface area (Å²) in [4.78, 5) is 38.9. The van der Waals surface area contributed by atoms with Crippen LogP contribution in [0.5, 0.6) is 0 Å². The molecular formula is C18H17N3O6. The van der Waals surface area contributed by atoms with Crippen LogP contribution in [0.4, 0.5) is 11.4 Å². The van der Waals surface area contributed by atoms with Crippen LogP contribution in [0, 0.1) is 10.1 Å². The number of para-hydroxylation sites is 1.